The normalized spacial score (nSPS) is 28.7. The Labute approximate surface area is 92.2 Å². The number of aliphatic carboxylic acids is 1. The number of hydrogen-bond donors (Lipinski definition) is 5. The van der Waals surface area contributed by atoms with Crippen molar-refractivity contribution in [3.63, 3.8) is 0 Å². The Balaban J connectivity index is 2.42. The highest BCUT2D eigenvalue weighted by Crippen LogP contribution is 2.11. The molecule has 0 aromatic carbocycles. The van der Waals surface area contributed by atoms with Gasteiger partial charge >= 0.3 is 5.97 Å². The average Bonchev–Trinajstić information content (AvgIpc) is 2.63. The van der Waals surface area contributed by atoms with Crippen molar-refractivity contribution >= 4 is 11.8 Å². The second-order valence-electron chi connectivity index (χ2n) is 3.95. The Kier molecular flexibility index (Phi) is 4.36. The predicted octanol–water partition coefficient (Wildman–Crippen LogP) is -2.56. The van der Waals surface area contributed by atoms with Crippen LogP contribution in [0.1, 0.15) is 12.8 Å². The van der Waals surface area contributed by atoms with Crippen LogP contribution >= 0.6 is 0 Å². The molecule has 1 aliphatic rings. The molecular formula is C9H16N2O5. The molecule has 0 bridgehead atoms. The molecule has 1 rings (SSSR count). The Bertz CT molecular complexity index is 283. The lowest BCUT2D eigenvalue weighted by atomic mass is 10.0. The first-order valence-electron chi connectivity index (χ1n) is 5.02. The molecule has 0 saturated carbocycles. The fourth-order valence-corrected chi connectivity index (χ4v) is 1.60. The maximum absolute atomic E-state index is 11.5. The van der Waals surface area contributed by atoms with Gasteiger partial charge in [0.05, 0.1) is 18.2 Å². The van der Waals surface area contributed by atoms with Gasteiger partial charge in [-0.25, -0.2) is 0 Å². The van der Waals surface area contributed by atoms with E-state index in [1.165, 1.54) is 0 Å². The molecule has 0 unspecified atom stereocenters. The third kappa shape index (κ3) is 3.24. The minimum Gasteiger partial charge on any atom is -0.480 e. The van der Waals surface area contributed by atoms with Gasteiger partial charge in [0.15, 0.2) is 5.78 Å². The number of Topliss-reactive ketones (excluding diaryl/α,β-unsaturated/α-hetero) is 1. The molecule has 0 aromatic rings. The summed E-state index contributed by atoms with van der Waals surface area (Å²) in [6.45, 7) is 0.331. The van der Waals surface area contributed by atoms with E-state index >= 15 is 0 Å². The molecule has 0 amide bonds. The summed E-state index contributed by atoms with van der Waals surface area (Å²) in [5.74, 6) is -1.68. The van der Waals surface area contributed by atoms with Crippen LogP contribution in [0.3, 0.4) is 0 Å². The molecule has 0 spiro atoms. The quantitative estimate of drug-likeness (QED) is 0.352. The number of nitrogens with one attached hydrogen (secondary N) is 1. The monoisotopic (exact) mass is 232 g/mol. The number of carbonyl (C=O) groups is 2. The Hall–Kier alpha value is -1.02. The second-order valence-corrected chi connectivity index (χ2v) is 3.95. The van der Waals surface area contributed by atoms with E-state index in [1.54, 1.807) is 0 Å². The van der Waals surface area contributed by atoms with Crippen LogP contribution in [0.15, 0.2) is 0 Å². The fraction of sp³-hybridized carbons (Fsp3) is 0.778. The summed E-state index contributed by atoms with van der Waals surface area (Å²) in [6.07, 6.45) is -2.00. The number of carboxylic acid groups (broad SMARTS) is 1. The van der Waals surface area contributed by atoms with Gasteiger partial charge in [0.25, 0.3) is 0 Å². The van der Waals surface area contributed by atoms with Gasteiger partial charge < -0.3 is 26.4 Å². The molecule has 92 valence electrons. The van der Waals surface area contributed by atoms with Gasteiger partial charge in [0, 0.05) is 13.0 Å². The highest BCUT2D eigenvalue weighted by Gasteiger charge is 2.31. The zero-order chi connectivity index (χ0) is 12.3. The van der Waals surface area contributed by atoms with Crippen LogP contribution < -0.4 is 11.1 Å². The Morgan fingerprint density at radius 3 is 2.56 bits per heavy atom. The lowest BCUT2D eigenvalue weighted by Crippen LogP contribution is -2.44. The summed E-state index contributed by atoms with van der Waals surface area (Å²) in [6, 6.07) is -1.99. The standard InChI is InChI=1S/C9H16N2O5/c10-8(9(15)16)7(14)2-6(13)5-1-4(12)3-11-5/h4-5,7-8,11-12,14H,1-3,10H2,(H,15,16)/t4-,5+,7-,8+/m1/s1. The maximum atomic E-state index is 11.5. The van der Waals surface area contributed by atoms with Gasteiger partial charge in [-0.3, -0.25) is 9.59 Å². The summed E-state index contributed by atoms with van der Waals surface area (Å²) in [7, 11) is 0. The van der Waals surface area contributed by atoms with E-state index in [9.17, 15) is 19.8 Å². The first-order valence-corrected chi connectivity index (χ1v) is 5.02. The number of aliphatic hydroxyl groups is 2. The van der Waals surface area contributed by atoms with E-state index in [1.807, 2.05) is 0 Å². The number of carboxylic acids is 1. The van der Waals surface area contributed by atoms with Crippen LogP contribution in [-0.2, 0) is 9.59 Å². The molecule has 0 aliphatic carbocycles. The smallest absolute Gasteiger partial charge is 0.323 e. The molecule has 0 radical (unpaired) electrons. The van der Waals surface area contributed by atoms with Crippen LogP contribution in [-0.4, -0.2) is 57.9 Å². The van der Waals surface area contributed by atoms with Crippen molar-refractivity contribution in [3.8, 4) is 0 Å². The van der Waals surface area contributed by atoms with Crippen molar-refractivity contribution in [2.75, 3.05) is 6.54 Å². The van der Waals surface area contributed by atoms with E-state index in [0.29, 0.717) is 6.54 Å². The van der Waals surface area contributed by atoms with Gasteiger partial charge in [-0.2, -0.15) is 0 Å². The van der Waals surface area contributed by atoms with E-state index in [0.717, 1.165) is 0 Å². The third-order valence-corrected chi connectivity index (χ3v) is 2.61. The molecule has 6 N–H and O–H groups in total. The Morgan fingerprint density at radius 1 is 1.50 bits per heavy atom. The summed E-state index contributed by atoms with van der Waals surface area (Å²) in [5, 5.41) is 29.9. The molecule has 4 atom stereocenters. The molecular weight excluding hydrogens is 216 g/mol. The maximum Gasteiger partial charge on any atom is 0.323 e. The van der Waals surface area contributed by atoms with Gasteiger partial charge in [-0.15, -0.1) is 0 Å². The van der Waals surface area contributed by atoms with Gasteiger partial charge in [-0.05, 0) is 6.42 Å². The number of ketones is 1. The molecule has 7 nitrogen and oxygen atoms in total. The highest BCUT2D eigenvalue weighted by atomic mass is 16.4. The lowest BCUT2D eigenvalue weighted by molar-refractivity contribution is -0.141. The molecule has 1 saturated heterocycles. The number of nitrogens with two attached hydrogens (primary N) is 1. The number of hydrogen-bond acceptors (Lipinski definition) is 6. The summed E-state index contributed by atoms with van der Waals surface area (Å²) < 4.78 is 0. The molecule has 1 aliphatic heterocycles. The van der Waals surface area contributed by atoms with Gasteiger partial charge in [0.2, 0.25) is 0 Å². The minimum absolute atomic E-state index is 0.286. The average molecular weight is 232 g/mol. The van der Waals surface area contributed by atoms with Crippen LogP contribution in [0.2, 0.25) is 0 Å². The van der Waals surface area contributed by atoms with E-state index < -0.39 is 30.3 Å². The minimum atomic E-state index is -1.46. The molecule has 7 heteroatoms. The number of β-amino-alcohol motifs (C(OH)–C–C–N with tert-alkyl or cyclic N) is 1. The van der Waals surface area contributed by atoms with E-state index in [2.05, 4.69) is 5.32 Å². The predicted molar refractivity (Wildman–Crippen MR) is 53.7 cm³/mol. The summed E-state index contributed by atoms with van der Waals surface area (Å²) in [5.41, 5.74) is 5.16. The third-order valence-electron chi connectivity index (χ3n) is 2.61. The van der Waals surface area contributed by atoms with Crippen LogP contribution in [0, 0.1) is 0 Å². The van der Waals surface area contributed by atoms with Crippen LogP contribution in [0.4, 0.5) is 0 Å². The van der Waals surface area contributed by atoms with Crippen LogP contribution in [0.25, 0.3) is 0 Å². The van der Waals surface area contributed by atoms with E-state index in [4.69, 9.17) is 10.8 Å². The topological polar surface area (TPSA) is 133 Å². The van der Waals surface area contributed by atoms with Crippen molar-refractivity contribution in [3.05, 3.63) is 0 Å². The van der Waals surface area contributed by atoms with Crippen molar-refractivity contribution in [1.29, 1.82) is 0 Å². The molecule has 1 heterocycles. The highest BCUT2D eigenvalue weighted by molar-refractivity contribution is 5.86. The van der Waals surface area contributed by atoms with Gasteiger partial charge in [0.1, 0.15) is 6.04 Å². The van der Waals surface area contributed by atoms with E-state index in [-0.39, 0.29) is 18.6 Å². The SMILES string of the molecule is N[C@H](C(=O)O)[C@H](O)CC(=O)[C@@H]1C[C@@H](O)CN1. The van der Waals surface area contributed by atoms with Gasteiger partial charge in [-0.1, -0.05) is 0 Å². The number of carbonyl (C=O) groups excluding carboxylic acids is 1. The number of rotatable bonds is 5. The second kappa shape index (κ2) is 5.35. The van der Waals surface area contributed by atoms with Crippen molar-refractivity contribution in [2.45, 2.75) is 37.1 Å². The van der Waals surface area contributed by atoms with Crippen molar-refractivity contribution in [1.82, 2.24) is 5.32 Å². The Morgan fingerprint density at radius 2 is 2.12 bits per heavy atom. The van der Waals surface area contributed by atoms with Crippen LogP contribution in [0.5, 0.6) is 0 Å². The molecule has 16 heavy (non-hydrogen) atoms. The first kappa shape index (κ1) is 13.0. The summed E-state index contributed by atoms with van der Waals surface area (Å²) in [4.78, 5) is 22.0. The zero-order valence-corrected chi connectivity index (χ0v) is 8.67. The molecule has 0 aromatic heterocycles. The van der Waals surface area contributed by atoms with Crippen molar-refractivity contribution in [2.24, 2.45) is 5.73 Å². The first-order chi connectivity index (χ1) is 7.41. The number of aliphatic hydroxyl groups excluding tert-OH is 2. The fourth-order valence-electron chi connectivity index (χ4n) is 1.60. The lowest BCUT2D eigenvalue weighted by Gasteiger charge is -2.16. The van der Waals surface area contributed by atoms with Crippen molar-refractivity contribution < 1.29 is 24.9 Å². The summed E-state index contributed by atoms with van der Waals surface area (Å²) >= 11 is 0. The molecule has 1 fully saturated rings. The zero-order valence-electron chi connectivity index (χ0n) is 8.67. The largest absolute Gasteiger partial charge is 0.480 e.